The number of aromatic nitrogens is 1. The van der Waals surface area contributed by atoms with Crippen molar-refractivity contribution in [2.75, 3.05) is 0 Å². The lowest BCUT2D eigenvalue weighted by atomic mass is 10.1. The first kappa shape index (κ1) is 10.6. The van der Waals surface area contributed by atoms with E-state index in [1.54, 1.807) is 6.07 Å². The fraction of sp³-hybridized carbons (Fsp3) is 0.167. The number of nitrogens with zero attached hydrogens (tertiary/aromatic N) is 1. The molecule has 0 saturated carbocycles. The lowest BCUT2D eigenvalue weighted by Crippen LogP contribution is -2.30. The van der Waals surface area contributed by atoms with Gasteiger partial charge in [-0.25, -0.2) is 5.84 Å². The third-order valence-electron chi connectivity index (χ3n) is 2.51. The Morgan fingerprint density at radius 2 is 2.19 bits per heavy atom. The van der Waals surface area contributed by atoms with E-state index in [0.29, 0.717) is 5.56 Å². The molecule has 3 N–H and O–H groups in total. The van der Waals surface area contributed by atoms with Crippen LogP contribution in [0.25, 0.3) is 10.9 Å². The molecule has 2 rings (SSSR count). The summed E-state index contributed by atoms with van der Waals surface area (Å²) in [7, 11) is 0. The molecule has 0 aliphatic heterocycles. The number of hydrogen-bond acceptors (Lipinski definition) is 3. The topological polar surface area (TPSA) is 68.0 Å². The average Bonchev–Trinajstić information content (AvgIpc) is 2.36. The highest BCUT2D eigenvalue weighted by Gasteiger charge is 2.10. The normalized spacial score (nSPS) is 10.4. The van der Waals surface area contributed by atoms with Gasteiger partial charge in [0, 0.05) is 11.1 Å². The van der Waals surface area contributed by atoms with Gasteiger partial charge in [-0.1, -0.05) is 25.1 Å². The number of hydrogen-bond donors (Lipinski definition) is 2. The summed E-state index contributed by atoms with van der Waals surface area (Å²) in [6.45, 7) is 2.00. The highest BCUT2D eigenvalue weighted by atomic mass is 16.2. The Morgan fingerprint density at radius 3 is 2.88 bits per heavy atom. The van der Waals surface area contributed by atoms with Crippen LogP contribution in [0, 0.1) is 0 Å². The Morgan fingerprint density at radius 1 is 1.44 bits per heavy atom. The van der Waals surface area contributed by atoms with Crippen LogP contribution >= 0.6 is 0 Å². The summed E-state index contributed by atoms with van der Waals surface area (Å²) in [5.41, 5.74) is 4.44. The molecule has 1 amide bonds. The first-order chi connectivity index (χ1) is 7.76. The van der Waals surface area contributed by atoms with E-state index in [4.69, 9.17) is 5.84 Å². The van der Waals surface area contributed by atoms with Gasteiger partial charge < -0.3 is 0 Å². The van der Waals surface area contributed by atoms with E-state index < -0.39 is 0 Å². The zero-order valence-electron chi connectivity index (χ0n) is 9.03. The minimum Gasteiger partial charge on any atom is -0.290 e. The number of aryl methyl sites for hydroxylation is 1. The number of carbonyl (C=O) groups excluding carboxylic acids is 1. The molecule has 0 radical (unpaired) electrons. The molecule has 0 spiro atoms. The zero-order valence-corrected chi connectivity index (χ0v) is 9.03. The smallest absolute Gasteiger partial charge is 0.265 e. The number of pyridine rings is 1. The van der Waals surface area contributed by atoms with Crippen molar-refractivity contribution in [1.29, 1.82) is 0 Å². The van der Waals surface area contributed by atoms with E-state index in [-0.39, 0.29) is 5.91 Å². The maximum Gasteiger partial charge on any atom is 0.265 e. The number of benzene rings is 1. The van der Waals surface area contributed by atoms with Crippen LogP contribution in [0.1, 0.15) is 23.0 Å². The Kier molecular flexibility index (Phi) is 2.83. The van der Waals surface area contributed by atoms with Gasteiger partial charge in [-0.2, -0.15) is 0 Å². The summed E-state index contributed by atoms with van der Waals surface area (Å²) in [4.78, 5) is 16.1. The Labute approximate surface area is 93.4 Å². The number of nitrogen functional groups attached to an aromatic ring is 1. The van der Waals surface area contributed by atoms with Crippen molar-refractivity contribution < 1.29 is 4.79 Å². The zero-order chi connectivity index (χ0) is 11.5. The SMILES string of the molecule is CCc1cc(C(=O)NN)c2ccccc2n1. The predicted molar refractivity (Wildman–Crippen MR) is 62.8 cm³/mol. The quantitative estimate of drug-likeness (QED) is 0.452. The minimum atomic E-state index is -0.284. The summed E-state index contributed by atoms with van der Waals surface area (Å²) in [6.07, 6.45) is 0.787. The van der Waals surface area contributed by atoms with E-state index in [9.17, 15) is 4.79 Å². The Balaban J connectivity index is 2.73. The van der Waals surface area contributed by atoms with Crippen molar-refractivity contribution in [3.63, 3.8) is 0 Å². The van der Waals surface area contributed by atoms with Gasteiger partial charge in [-0.15, -0.1) is 0 Å². The lowest BCUT2D eigenvalue weighted by Gasteiger charge is -2.07. The molecule has 0 saturated heterocycles. The van der Waals surface area contributed by atoms with Gasteiger partial charge >= 0.3 is 0 Å². The monoisotopic (exact) mass is 215 g/mol. The van der Waals surface area contributed by atoms with Crippen molar-refractivity contribution in [3.05, 3.63) is 41.6 Å². The fourth-order valence-electron chi connectivity index (χ4n) is 1.68. The second kappa shape index (κ2) is 4.28. The Bertz CT molecular complexity index is 537. The van der Waals surface area contributed by atoms with Gasteiger partial charge in [0.05, 0.1) is 11.1 Å². The summed E-state index contributed by atoms with van der Waals surface area (Å²) in [5.74, 6) is 4.88. The van der Waals surface area contributed by atoms with Gasteiger partial charge in [-0.05, 0) is 18.6 Å². The lowest BCUT2D eigenvalue weighted by molar-refractivity contribution is 0.0955. The second-order valence-corrected chi connectivity index (χ2v) is 3.51. The number of hydrazine groups is 1. The molecule has 0 unspecified atom stereocenters. The molecule has 0 fully saturated rings. The van der Waals surface area contributed by atoms with Crippen LogP contribution in [-0.4, -0.2) is 10.9 Å². The van der Waals surface area contributed by atoms with E-state index >= 15 is 0 Å². The van der Waals surface area contributed by atoms with Crippen molar-refractivity contribution in [1.82, 2.24) is 10.4 Å². The molecule has 0 bridgehead atoms. The molecule has 0 aliphatic carbocycles. The van der Waals surface area contributed by atoms with E-state index in [0.717, 1.165) is 23.0 Å². The maximum absolute atomic E-state index is 11.6. The average molecular weight is 215 g/mol. The number of nitrogens with one attached hydrogen (secondary N) is 1. The van der Waals surface area contributed by atoms with Crippen molar-refractivity contribution in [2.45, 2.75) is 13.3 Å². The van der Waals surface area contributed by atoms with Crippen molar-refractivity contribution in [3.8, 4) is 0 Å². The van der Waals surface area contributed by atoms with Gasteiger partial charge in [0.2, 0.25) is 0 Å². The van der Waals surface area contributed by atoms with Crippen molar-refractivity contribution in [2.24, 2.45) is 5.84 Å². The van der Waals surface area contributed by atoms with Gasteiger partial charge in [0.25, 0.3) is 5.91 Å². The van der Waals surface area contributed by atoms with E-state index in [1.165, 1.54) is 0 Å². The van der Waals surface area contributed by atoms with Crippen LogP contribution in [0.3, 0.4) is 0 Å². The molecule has 0 atom stereocenters. The molecule has 1 aromatic heterocycles. The fourth-order valence-corrected chi connectivity index (χ4v) is 1.68. The molecular weight excluding hydrogens is 202 g/mol. The molecule has 2 aromatic rings. The van der Waals surface area contributed by atoms with E-state index in [1.807, 2.05) is 31.2 Å². The molecule has 1 heterocycles. The molecule has 4 heteroatoms. The molecule has 16 heavy (non-hydrogen) atoms. The van der Waals surface area contributed by atoms with Crippen LogP contribution < -0.4 is 11.3 Å². The third-order valence-corrected chi connectivity index (χ3v) is 2.51. The van der Waals surface area contributed by atoms with Gasteiger partial charge in [0.1, 0.15) is 0 Å². The van der Waals surface area contributed by atoms with Gasteiger partial charge in [-0.3, -0.25) is 15.2 Å². The summed E-state index contributed by atoms with van der Waals surface area (Å²) in [5, 5.41) is 0.822. The van der Waals surface area contributed by atoms with Crippen LogP contribution in [0.5, 0.6) is 0 Å². The van der Waals surface area contributed by atoms with Crippen LogP contribution in [0.4, 0.5) is 0 Å². The molecule has 1 aromatic carbocycles. The van der Waals surface area contributed by atoms with Crippen LogP contribution in [0.2, 0.25) is 0 Å². The Hall–Kier alpha value is -1.94. The summed E-state index contributed by atoms with van der Waals surface area (Å²) in [6, 6.07) is 9.32. The molecule has 82 valence electrons. The molecule has 4 nitrogen and oxygen atoms in total. The highest BCUT2D eigenvalue weighted by Crippen LogP contribution is 2.18. The van der Waals surface area contributed by atoms with Crippen LogP contribution in [-0.2, 0) is 6.42 Å². The van der Waals surface area contributed by atoms with E-state index in [2.05, 4.69) is 10.4 Å². The second-order valence-electron chi connectivity index (χ2n) is 3.51. The summed E-state index contributed by atoms with van der Waals surface area (Å²) >= 11 is 0. The molecule has 0 aliphatic rings. The first-order valence-corrected chi connectivity index (χ1v) is 5.16. The minimum absolute atomic E-state index is 0.284. The first-order valence-electron chi connectivity index (χ1n) is 5.16. The number of amides is 1. The largest absolute Gasteiger partial charge is 0.290 e. The number of nitrogens with two attached hydrogens (primary N) is 1. The number of para-hydroxylation sites is 1. The molecular formula is C12H13N3O. The summed E-state index contributed by atoms with van der Waals surface area (Å²) < 4.78 is 0. The third kappa shape index (κ3) is 1.75. The predicted octanol–water partition coefficient (Wildman–Crippen LogP) is 1.40. The van der Waals surface area contributed by atoms with Crippen LogP contribution in [0.15, 0.2) is 30.3 Å². The number of rotatable bonds is 2. The number of carbonyl (C=O) groups is 1. The maximum atomic E-state index is 11.6. The highest BCUT2D eigenvalue weighted by molar-refractivity contribution is 6.05. The standard InChI is InChI=1S/C12H13N3O/c1-2-8-7-10(12(16)15-13)9-5-3-4-6-11(9)14-8/h3-7H,2,13H2,1H3,(H,15,16). The van der Waals surface area contributed by atoms with Gasteiger partial charge in [0.15, 0.2) is 0 Å². The van der Waals surface area contributed by atoms with Crippen molar-refractivity contribution >= 4 is 16.8 Å². The number of fused-ring (bicyclic) bond motifs is 1.